The molecule has 0 spiro atoms. The highest BCUT2D eigenvalue weighted by molar-refractivity contribution is 6.09. The lowest BCUT2D eigenvalue weighted by Gasteiger charge is -2.13. The van der Waals surface area contributed by atoms with Gasteiger partial charge in [0.05, 0.1) is 0 Å². The topological polar surface area (TPSA) is 32.9 Å². The highest BCUT2D eigenvalue weighted by atomic mass is 16.1. The van der Waals surface area contributed by atoms with Gasteiger partial charge >= 0.3 is 0 Å². The molecule has 19 heavy (non-hydrogen) atoms. The number of aromatic amines is 1. The van der Waals surface area contributed by atoms with E-state index in [0.717, 1.165) is 42.1 Å². The fourth-order valence-corrected chi connectivity index (χ4v) is 2.89. The van der Waals surface area contributed by atoms with E-state index in [9.17, 15) is 4.79 Å². The van der Waals surface area contributed by atoms with Gasteiger partial charge in [0.2, 0.25) is 0 Å². The van der Waals surface area contributed by atoms with Crippen LogP contribution in [0.3, 0.4) is 0 Å². The molecule has 0 fully saturated rings. The summed E-state index contributed by atoms with van der Waals surface area (Å²) in [5.41, 5.74) is 3.11. The van der Waals surface area contributed by atoms with Crippen LogP contribution in [0.25, 0.3) is 10.9 Å². The van der Waals surface area contributed by atoms with E-state index in [4.69, 9.17) is 0 Å². The molecule has 2 heteroatoms. The lowest BCUT2D eigenvalue weighted by molar-refractivity contribution is 0.0906. The SMILES string of the molecule is CCCC(CCC)C(=O)c1c[nH]c2cccc(C)c12. The van der Waals surface area contributed by atoms with Crippen LogP contribution in [-0.2, 0) is 0 Å². The van der Waals surface area contributed by atoms with Gasteiger partial charge in [0.1, 0.15) is 0 Å². The summed E-state index contributed by atoms with van der Waals surface area (Å²) >= 11 is 0. The second-order valence-electron chi connectivity index (χ2n) is 5.34. The van der Waals surface area contributed by atoms with E-state index in [-0.39, 0.29) is 5.92 Å². The molecular weight excluding hydrogens is 234 g/mol. The molecule has 0 saturated heterocycles. The van der Waals surface area contributed by atoms with Gasteiger partial charge in [-0.05, 0) is 31.4 Å². The number of carbonyl (C=O) groups is 1. The van der Waals surface area contributed by atoms with Crippen LogP contribution in [0.15, 0.2) is 24.4 Å². The van der Waals surface area contributed by atoms with Gasteiger partial charge in [-0.15, -0.1) is 0 Å². The van der Waals surface area contributed by atoms with Crippen molar-refractivity contribution < 1.29 is 4.79 Å². The number of rotatable bonds is 6. The van der Waals surface area contributed by atoms with Gasteiger partial charge in [0.25, 0.3) is 0 Å². The Labute approximate surface area is 115 Å². The maximum absolute atomic E-state index is 12.7. The molecule has 2 rings (SSSR count). The van der Waals surface area contributed by atoms with Crippen molar-refractivity contribution in [3.8, 4) is 0 Å². The number of benzene rings is 1. The summed E-state index contributed by atoms with van der Waals surface area (Å²) < 4.78 is 0. The molecule has 0 atom stereocenters. The Morgan fingerprint density at radius 3 is 2.53 bits per heavy atom. The zero-order valence-electron chi connectivity index (χ0n) is 12.1. The molecule has 0 unspecified atom stereocenters. The summed E-state index contributed by atoms with van der Waals surface area (Å²) in [5.74, 6) is 0.484. The Morgan fingerprint density at radius 2 is 1.89 bits per heavy atom. The highest BCUT2D eigenvalue weighted by Gasteiger charge is 2.21. The third-order valence-corrected chi connectivity index (χ3v) is 3.82. The molecule has 2 nitrogen and oxygen atoms in total. The van der Waals surface area contributed by atoms with Crippen LogP contribution in [0.5, 0.6) is 0 Å². The molecular formula is C17H23NO. The fourth-order valence-electron chi connectivity index (χ4n) is 2.89. The highest BCUT2D eigenvalue weighted by Crippen LogP contribution is 2.27. The molecule has 0 amide bonds. The fraction of sp³-hybridized carbons (Fsp3) is 0.471. The average molecular weight is 257 g/mol. The molecule has 0 radical (unpaired) electrons. The van der Waals surface area contributed by atoms with Gasteiger partial charge in [-0.2, -0.15) is 0 Å². The van der Waals surface area contributed by atoms with Gasteiger partial charge in [-0.25, -0.2) is 0 Å². The summed E-state index contributed by atoms with van der Waals surface area (Å²) in [6, 6.07) is 6.13. The predicted octanol–water partition coefficient (Wildman–Crippen LogP) is 4.88. The minimum absolute atomic E-state index is 0.175. The van der Waals surface area contributed by atoms with Gasteiger partial charge in [0, 0.05) is 28.6 Å². The van der Waals surface area contributed by atoms with Gasteiger partial charge < -0.3 is 4.98 Å². The second kappa shape index (κ2) is 6.05. The molecule has 0 aliphatic carbocycles. The Bertz CT molecular complexity index is 562. The Kier molecular flexibility index (Phi) is 4.41. The molecule has 0 aliphatic rings. The monoisotopic (exact) mass is 257 g/mol. The van der Waals surface area contributed by atoms with Crippen LogP contribution in [0.1, 0.15) is 55.5 Å². The number of hydrogen-bond donors (Lipinski definition) is 1. The molecule has 102 valence electrons. The van der Waals surface area contributed by atoms with E-state index in [1.165, 1.54) is 5.56 Å². The minimum Gasteiger partial charge on any atom is -0.360 e. The molecule has 2 aromatic rings. The van der Waals surface area contributed by atoms with Gasteiger partial charge in [-0.1, -0.05) is 38.8 Å². The number of nitrogens with one attached hydrogen (secondary N) is 1. The maximum Gasteiger partial charge on any atom is 0.168 e. The van der Waals surface area contributed by atoms with Crippen LogP contribution in [-0.4, -0.2) is 10.8 Å². The number of fused-ring (bicyclic) bond motifs is 1. The summed E-state index contributed by atoms with van der Waals surface area (Å²) in [7, 11) is 0. The first-order valence-electron chi connectivity index (χ1n) is 7.29. The van der Waals surface area contributed by atoms with Crippen LogP contribution in [0.2, 0.25) is 0 Å². The van der Waals surface area contributed by atoms with Gasteiger partial charge in [-0.3, -0.25) is 4.79 Å². The number of hydrogen-bond acceptors (Lipinski definition) is 1. The normalized spacial score (nSPS) is 11.4. The predicted molar refractivity (Wildman–Crippen MR) is 80.7 cm³/mol. The standard InChI is InChI=1S/C17H23NO/c1-4-7-13(8-5-2)17(19)14-11-18-15-10-6-9-12(3)16(14)15/h6,9-11,13,18H,4-5,7-8H2,1-3H3. The number of H-pyrrole nitrogens is 1. The second-order valence-corrected chi connectivity index (χ2v) is 5.34. The van der Waals surface area contributed by atoms with Crippen LogP contribution >= 0.6 is 0 Å². The number of ketones is 1. The van der Waals surface area contributed by atoms with E-state index in [1.807, 2.05) is 18.3 Å². The van der Waals surface area contributed by atoms with Crippen molar-refractivity contribution in [3.05, 3.63) is 35.5 Å². The van der Waals surface area contributed by atoms with E-state index in [1.54, 1.807) is 0 Å². The zero-order chi connectivity index (χ0) is 13.8. The first-order valence-corrected chi connectivity index (χ1v) is 7.29. The molecule has 1 N–H and O–H groups in total. The molecule has 1 heterocycles. The number of aryl methyl sites for hydroxylation is 1. The van der Waals surface area contributed by atoms with E-state index >= 15 is 0 Å². The van der Waals surface area contributed by atoms with Crippen molar-refractivity contribution in [2.75, 3.05) is 0 Å². The van der Waals surface area contributed by atoms with Crippen LogP contribution in [0.4, 0.5) is 0 Å². The third-order valence-electron chi connectivity index (χ3n) is 3.82. The maximum atomic E-state index is 12.7. The van der Waals surface area contributed by atoms with Crippen molar-refractivity contribution >= 4 is 16.7 Å². The molecule has 0 saturated carbocycles. The van der Waals surface area contributed by atoms with Crippen molar-refractivity contribution in [2.24, 2.45) is 5.92 Å². The first kappa shape index (κ1) is 13.9. The minimum atomic E-state index is 0.175. The first-order chi connectivity index (χ1) is 9.19. The average Bonchev–Trinajstić information content (AvgIpc) is 2.83. The van der Waals surface area contributed by atoms with E-state index in [0.29, 0.717) is 5.78 Å². The quantitative estimate of drug-likeness (QED) is 0.735. The van der Waals surface area contributed by atoms with Crippen molar-refractivity contribution in [1.29, 1.82) is 0 Å². The van der Waals surface area contributed by atoms with Crippen LogP contribution < -0.4 is 0 Å². The summed E-state index contributed by atoms with van der Waals surface area (Å²) in [5, 5.41) is 1.10. The Morgan fingerprint density at radius 1 is 1.21 bits per heavy atom. The number of aromatic nitrogens is 1. The van der Waals surface area contributed by atoms with Crippen LogP contribution in [0, 0.1) is 12.8 Å². The lowest BCUT2D eigenvalue weighted by Crippen LogP contribution is -2.14. The zero-order valence-corrected chi connectivity index (χ0v) is 12.1. The molecule has 1 aromatic carbocycles. The lowest BCUT2D eigenvalue weighted by atomic mass is 9.89. The number of Topliss-reactive ketones (excluding diaryl/α,β-unsaturated/α-hetero) is 1. The van der Waals surface area contributed by atoms with E-state index in [2.05, 4.69) is 31.8 Å². The van der Waals surface area contributed by atoms with Gasteiger partial charge in [0.15, 0.2) is 5.78 Å². The van der Waals surface area contributed by atoms with Crippen molar-refractivity contribution in [2.45, 2.75) is 46.5 Å². The smallest absolute Gasteiger partial charge is 0.168 e. The molecule has 1 aromatic heterocycles. The Balaban J connectivity index is 2.40. The van der Waals surface area contributed by atoms with E-state index < -0.39 is 0 Å². The Hall–Kier alpha value is -1.57. The molecule has 0 bridgehead atoms. The van der Waals surface area contributed by atoms with Crippen molar-refractivity contribution in [3.63, 3.8) is 0 Å². The summed E-state index contributed by atoms with van der Waals surface area (Å²) in [4.78, 5) is 16.0. The summed E-state index contributed by atoms with van der Waals surface area (Å²) in [6.07, 6.45) is 6.00. The molecule has 0 aliphatic heterocycles. The largest absolute Gasteiger partial charge is 0.360 e. The van der Waals surface area contributed by atoms with Crippen molar-refractivity contribution in [1.82, 2.24) is 4.98 Å². The number of carbonyl (C=O) groups excluding carboxylic acids is 1. The third kappa shape index (κ3) is 2.73. The summed E-state index contributed by atoms with van der Waals surface area (Å²) in [6.45, 7) is 6.37.